The number of aliphatic carboxylic acids is 1. The number of nitrogens with one attached hydrogen (secondary N) is 1. The van der Waals surface area contributed by atoms with Crippen LogP contribution in [0.4, 0.5) is 0 Å². The summed E-state index contributed by atoms with van der Waals surface area (Å²) in [5, 5.41) is 12.0. The monoisotopic (exact) mass is 313 g/mol. The molecule has 1 amide bonds. The minimum absolute atomic E-state index is 0.259. The van der Waals surface area contributed by atoms with Crippen LogP contribution in [0.2, 0.25) is 0 Å². The van der Waals surface area contributed by atoms with Gasteiger partial charge in [0.2, 0.25) is 0 Å². The highest BCUT2D eigenvalue weighted by Gasteiger charge is 2.34. The molecule has 6 nitrogen and oxygen atoms in total. The maximum atomic E-state index is 12.4. The van der Waals surface area contributed by atoms with Crippen molar-refractivity contribution < 1.29 is 14.7 Å². The highest BCUT2D eigenvalue weighted by Crippen LogP contribution is 2.26. The maximum absolute atomic E-state index is 12.4. The zero-order chi connectivity index (χ0) is 16.6. The molecule has 120 valence electrons. The minimum Gasteiger partial charge on any atom is -0.481 e. The predicted octanol–water partition coefficient (Wildman–Crippen LogP) is 2.23. The molecule has 1 aromatic carbocycles. The van der Waals surface area contributed by atoms with Gasteiger partial charge in [-0.3, -0.25) is 9.59 Å². The lowest BCUT2D eigenvalue weighted by Crippen LogP contribution is -2.40. The molecule has 0 spiro atoms. The van der Waals surface area contributed by atoms with Gasteiger partial charge in [-0.2, -0.15) is 0 Å². The number of hydrogen-bond acceptors (Lipinski definition) is 4. The van der Waals surface area contributed by atoms with Crippen molar-refractivity contribution in [2.24, 2.45) is 5.92 Å². The van der Waals surface area contributed by atoms with Gasteiger partial charge < -0.3 is 10.4 Å². The van der Waals surface area contributed by atoms with Crippen LogP contribution in [0.3, 0.4) is 0 Å². The van der Waals surface area contributed by atoms with Crippen LogP contribution < -0.4 is 5.32 Å². The van der Waals surface area contributed by atoms with E-state index in [-0.39, 0.29) is 11.9 Å². The fourth-order valence-electron chi connectivity index (χ4n) is 3.05. The van der Waals surface area contributed by atoms with E-state index in [9.17, 15) is 14.7 Å². The summed E-state index contributed by atoms with van der Waals surface area (Å²) >= 11 is 0. The number of carbonyl (C=O) groups is 2. The fourth-order valence-corrected chi connectivity index (χ4v) is 3.05. The van der Waals surface area contributed by atoms with Gasteiger partial charge in [-0.15, -0.1) is 0 Å². The van der Waals surface area contributed by atoms with Gasteiger partial charge in [0.25, 0.3) is 5.91 Å². The second kappa shape index (κ2) is 5.95. The third-order valence-electron chi connectivity index (χ3n) is 4.49. The quantitative estimate of drug-likeness (QED) is 0.906. The van der Waals surface area contributed by atoms with Gasteiger partial charge >= 0.3 is 5.97 Å². The highest BCUT2D eigenvalue weighted by molar-refractivity contribution is 5.97. The Morgan fingerprint density at radius 1 is 1.13 bits per heavy atom. The van der Waals surface area contributed by atoms with Crippen LogP contribution in [0, 0.1) is 19.8 Å². The van der Waals surface area contributed by atoms with Crippen molar-refractivity contribution in [3.05, 3.63) is 35.2 Å². The van der Waals surface area contributed by atoms with E-state index in [4.69, 9.17) is 0 Å². The fraction of sp³-hybridized carbons (Fsp3) is 0.412. The molecule has 1 aliphatic rings. The van der Waals surface area contributed by atoms with Crippen molar-refractivity contribution in [1.29, 1.82) is 0 Å². The Balaban J connectivity index is 1.83. The summed E-state index contributed by atoms with van der Waals surface area (Å²) in [5.74, 6) is -1.60. The van der Waals surface area contributed by atoms with Gasteiger partial charge in [0, 0.05) is 11.6 Å². The number of aromatic nitrogens is 2. The standard InChI is InChI=1S/C17H19N3O3/c1-9-10(2)19-15-8-11(6-7-14(15)18-9)16(21)20-13-5-3-4-12(13)17(22)23/h6-8,12-13H,3-5H2,1-2H3,(H,20,21)(H,22,23)/t12-,13+/m0/s1. The molecule has 3 rings (SSSR count). The number of carboxylic acid groups (broad SMARTS) is 1. The molecule has 0 saturated heterocycles. The van der Waals surface area contributed by atoms with E-state index in [1.54, 1.807) is 18.2 Å². The molecule has 0 radical (unpaired) electrons. The Labute approximate surface area is 133 Å². The SMILES string of the molecule is Cc1nc2ccc(C(=O)N[C@@H]3CCC[C@@H]3C(=O)O)cc2nc1C. The minimum atomic E-state index is -0.844. The molecule has 1 fully saturated rings. The van der Waals surface area contributed by atoms with Crippen molar-refractivity contribution in [2.45, 2.75) is 39.2 Å². The first kappa shape index (κ1) is 15.4. The number of rotatable bonds is 3. The molecular weight excluding hydrogens is 294 g/mol. The normalized spacial score (nSPS) is 20.6. The van der Waals surface area contributed by atoms with Crippen LogP contribution in [-0.4, -0.2) is 33.0 Å². The van der Waals surface area contributed by atoms with Gasteiger partial charge in [-0.25, -0.2) is 9.97 Å². The lowest BCUT2D eigenvalue weighted by Gasteiger charge is -2.17. The maximum Gasteiger partial charge on any atom is 0.308 e. The van der Waals surface area contributed by atoms with Crippen LogP contribution in [0.25, 0.3) is 11.0 Å². The lowest BCUT2D eigenvalue weighted by molar-refractivity contribution is -0.142. The number of carboxylic acids is 1. The van der Waals surface area contributed by atoms with E-state index in [1.165, 1.54) is 0 Å². The molecule has 6 heteroatoms. The van der Waals surface area contributed by atoms with Crippen LogP contribution in [0.15, 0.2) is 18.2 Å². The number of benzene rings is 1. The van der Waals surface area contributed by atoms with Crippen LogP contribution >= 0.6 is 0 Å². The summed E-state index contributed by atoms with van der Waals surface area (Å²) in [6.45, 7) is 3.78. The molecule has 2 aromatic rings. The van der Waals surface area contributed by atoms with E-state index >= 15 is 0 Å². The Morgan fingerprint density at radius 2 is 1.83 bits per heavy atom. The first-order valence-corrected chi connectivity index (χ1v) is 7.74. The number of fused-ring (bicyclic) bond motifs is 1. The van der Waals surface area contributed by atoms with Gasteiger partial charge in [0.15, 0.2) is 0 Å². The molecule has 1 aromatic heterocycles. The summed E-state index contributed by atoms with van der Waals surface area (Å²) in [4.78, 5) is 32.5. The molecule has 1 aliphatic carbocycles. The first-order chi connectivity index (χ1) is 11.0. The van der Waals surface area contributed by atoms with Crippen molar-refractivity contribution in [2.75, 3.05) is 0 Å². The first-order valence-electron chi connectivity index (χ1n) is 7.74. The molecule has 2 atom stereocenters. The van der Waals surface area contributed by atoms with E-state index in [2.05, 4.69) is 15.3 Å². The van der Waals surface area contributed by atoms with Gasteiger partial charge in [-0.05, 0) is 44.9 Å². The van der Waals surface area contributed by atoms with E-state index < -0.39 is 11.9 Å². The van der Waals surface area contributed by atoms with E-state index in [0.29, 0.717) is 23.9 Å². The molecule has 0 aliphatic heterocycles. The topological polar surface area (TPSA) is 92.2 Å². The highest BCUT2D eigenvalue weighted by atomic mass is 16.4. The van der Waals surface area contributed by atoms with Gasteiger partial charge in [0.1, 0.15) is 0 Å². The third kappa shape index (κ3) is 3.02. The van der Waals surface area contributed by atoms with E-state index in [1.807, 2.05) is 13.8 Å². The van der Waals surface area contributed by atoms with Gasteiger partial charge in [-0.1, -0.05) is 6.42 Å². The van der Waals surface area contributed by atoms with Gasteiger partial charge in [0.05, 0.1) is 28.3 Å². The molecular formula is C17H19N3O3. The summed E-state index contributed by atoms with van der Waals surface area (Å²) in [6, 6.07) is 4.87. The molecule has 23 heavy (non-hydrogen) atoms. The Hall–Kier alpha value is -2.50. The Bertz CT molecular complexity index is 788. The molecule has 1 heterocycles. The summed E-state index contributed by atoms with van der Waals surface area (Å²) in [5.41, 5.74) is 3.59. The number of nitrogens with zero attached hydrogens (tertiary/aromatic N) is 2. The van der Waals surface area contributed by atoms with Crippen molar-refractivity contribution in [3.8, 4) is 0 Å². The summed E-state index contributed by atoms with van der Waals surface area (Å²) < 4.78 is 0. The predicted molar refractivity (Wildman–Crippen MR) is 85.2 cm³/mol. The average Bonchev–Trinajstić information content (AvgIpc) is 2.96. The summed E-state index contributed by atoms with van der Waals surface area (Å²) in [7, 11) is 0. The zero-order valence-electron chi connectivity index (χ0n) is 13.2. The second-order valence-corrected chi connectivity index (χ2v) is 6.05. The second-order valence-electron chi connectivity index (χ2n) is 6.05. The number of aryl methyl sites for hydroxylation is 2. The zero-order valence-corrected chi connectivity index (χ0v) is 13.2. The number of hydrogen-bond donors (Lipinski definition) is 2. The van der Waals surface area contributed by atoms with Crippen LogP contribution in [0.5, 0.6) is 0 Å². The Kier molecular flexibility index (Phi) is 3.98. The largest absolute Gasteiger partial charge is 0.481 e. The third-order valence-corrected chi connectivity index (χ3v) is 4.49. The smallest absolute Gasteiger partial charge is 0.308 e. The number of carbonyl (C=O) groups excluding carboxylic acids is 1. The van der Waals surface area contributed by atoms with Crippen LogP contribution in [0.1, 0.15) is 41.0 Å². The molecule has 0 unspecified atom stereocenters. The average molecular weight is 313 g/mol. The van der Waals surface area contributed by atoms with Crippen molar-refractivity contribution in [1.82, 2.24) is 15.3 Å². The van der Waals surface area contributed by atoms with Crippen molar-refractivity contribution in [3.63, 3.8) is 0 Å². The Morgan fingerprint density at radius 3 is 2.52 bits per heavy atom. The van der Waals surface area contributed by atoms with Crippen molar-refractivity contribution >= 4 is 22.9 Å². The molecule has 2 N–H and O–H groups in total. The molecule has 0 bridgehead atoms. The molecule has 1 saturated carbocycles. The van der Waals surface area contributed by atoms with E-state index in [0.717, 1.165) is 23.3 Å². The lowest BCUT2D eigenvalue weighted by atomic mass is 10.0. The van der Waals surface area contributed by atoms with Crippen LogP contribution in [-0.2, 0) is 4.79 Å². The number of amides is 1. The summed E-state index contributed by atoms with van der Waals surface area (Å²) in [6.07, 6.45) is 2.14.